The molecule has 5 aromatic rings. The van der Waals surface area contributed by atoms with Gasteiger partial charge in [0.1, 0.15) is 12.0 Å². The average molecular weight is 389 g/mol. The van der Waals surface area contributed by atoms with Crippen LogP contribution in [0.25, 0.3) is 28.1 Å². The maximum atomic E-state index is 6.34. The van der Waals surface area contributed by atoms with Crippen molar-refractivity contribution in [2.75, 3.05) is 0 Å². The van der Waals surface area contributed by atoms with Gasteiger partial charge in [-0.15, -0.1) is 5.10 Å². The molecule has 0 bridgehead atoms. The van der Waals surface area contributed by atoms with Crippen molar-refractivity contribution in [2.24, 2.45) is 0 Å². The fourth-order valence-electron chi connectivity index (χ4n) is 3.55. The molecule has 0 aliphatic heterocycles. The third-order valence-electron chi connectivity index (χ3n) is 5.12. The van der Waals surface area contributed by atoms with Gasteiger partial charge in [-0.05, 0) is 43.2 Å². The van der Waals surface area contributed by atoms with E-state index in [1.54, 1.807) is 17.0 Å². The van der Waals surface area contributed by atoms with Gasteiger partial charge in [-0.2, -0.15) is 0 Å². The number of fused-ring (bicyclic) bond motifs is 3. The number of pyridine rings is 1. The number of hydrogen-bond acceptors (Lipinski definition) is 4. The highest BCUT2D eigenvalue weighted by Crippen LogP contribution is 2.30. The Labute approximate surface area is 166 Å². The van der Waals surface area contributed by atoms with Gasteiger partial charge in [0.05, 0.1) is 17.0 Å². The maximum Gasteiger partial charge on any atom is 0.183 e. The molecule has 4 aromatic heterocycles. The van der Waals surface area contributed by atoms with Crippen molar-refractivity contribution < 1.29 is 0 Å². The van der Waals surface area contributed by atoms with Crippen LogP contribution in [0.2, 0.25) is 5.02 Å². The van der Waals surface area contributed by atoms with E-state index in [9.17, 15) is 0 Å². The third-order valence-corrected chi connectivity index (χ3v) is 5.45. The maximum absolute atomic E-state index is 6.34. The van der Waals surface area contributed by atoms with Gasteiger partial charge in [0.2, 0.25) is 0 Å². The van der Waals surface area contributed by atoms with E-state index in [0.29, 0.717) is 17.4 Å². The Balaban J connectivity index is 1.72. The normalized spacial score (nSPS) is 11.5. The number of halogens is 1. The number of nitrogens with zero attached hydrogens (tertiary/aromatic N) is 6. The van der Waals surface area contributed by atoms with Crippen molar-refractivity contribution in [1.82, 2.24) is 29.1 Å². The van der Waals surface area contributed by atoms with Crippen molar-refractivity contribution >= 4 is 28.3 Å². The van der Waals surface area contributed by atoms with E-state index in [0.717, 1.165) is 39.1 Å². The number of benzene rings is 1. The second-order valence-electron chi connectivity index (χ2n) is 6.78. The zero-order chi connectivity index (χ0) is 19.3. The Morgan fingerprint density at radius 2 is 1.89 bits per heavy atom. The average Bonchev–Trinajstić information content (AvgIpc) is 3.24. The molecule has 6 nitrogen and oxygen atoms in total. The van der Waals surface area contributed by atoms with Crippen LogP contribution in [0, 0.1) is 13.8 Å². The second kappa shape index (κ2) is 6.42. The minimum atomic E-state index is 0.594. The van der Waals surface area contributed by atoms with Gasteiger partial charge in [0, 0.05) is 23.7 Å². The minimum Gasteiger partial charge on any atom is -0.325 e. The molecule has 0 amide bonds. The fourth-order valence-corrected chi connectivity index (χ4v) is 3.78. The summed E-state index contributed by atoms with van der Waals surface area (Å²) in [7, 11) is 0. The van der Waals surface area contributed by atoms with E-state index in [1.807, 2.05) is 36.5 Å². The lowest BCUT2D eigenvalue weighted by atomic mass is 10.2. The van der Waals surface area contributed by atoms with Crippen LogP contribution in [-0.2, 0) is 6.54 Å². The van der Waals surface area contributed by atoms with Gasteiger partial charge >= 0.3 is 0 Å². The number of rotatable bonds is 3. The molecule has 0 atom stereocenters. The molecule has 0 aliphatic rings. The molecule has 4 heterocycles. The van der Waals surface area contributed by atoms with Crippen molar-refractivity contribution in [3.63, 3.8) is 0 Å². The van der Waals surface area contributed by atoms with Crippen LogP contribution in [0.15, 0.2) is 55.1 Å². The third kappa shape index (κ3) is 2.57. The second-order valence-corrected chi connectivity index (χ2v) is 7.19. The summed E-state index contributed by atoms with van der Waals surface area (Å²) in [5.74, 6) is 0.594. The van der Waals surface area contributed by atoms with Crippen molar-refractivity contribution in [2.45, 2.75) is 20.4 Å². The van der Waals surface area contributed by atoms with E-state index in [2.05, 4.69) is 39.5 Å². The van der Waals surface area contributed by atoms with Crippen LogP contribution in [0.3, 0.4) is 0 Å². The molecule has 28 heavy (non-hydrogen) atoms. The first-order valence-electron chi connectivity index (χ1n) is 8.98. The summed E-state index contributed by atoms with van der Waals surface area (Å²) in [6.45, 7) is 4.91. The molecule has 0 saturated carbocycles. The topological polar surface area (TPSA) is 60.9 Å². The van der Waals surface area contributed by atoms with Gasteiger partial charge in [-0.3, -0.25) is 4.98 Å². The van der Waals surface area contributed by atoms with E-state index in [1.165, 1.54) is 0 Å². The quantitative estimate of drug-likeness (QED) is 0.458. The van der Waals surface area contributed by atoms with E-state index in [4.69, 9.17) is 16.6 Å². The van der Waals surface area contributed by atoms with Crippen molar-refractivity contribution in [3.05, 3.63) is 77.0 Å². The lowest BCUT2D eigenvalue weighted by molar-refractivity contribution is 0.783. The molecule has 0 aliphatic carbocycles. The van der Waals surface area contributed by atoms with Gasteiger partial charge in [-0.1, -0.05) is 29.8 Å². The first-order valence-corrected chi connectivity index (χ1v) is 9.36. The zero-order valence-electron chi connectivity index (χ0n) is 15.5. The first-order chi connectivity index (χ1) is 13.6. The first kappa shape index (κ1) is 16.9. The Morgan fingerprint density at radius 1 is 1.04 bits per heavy atom. The molecule has 138 valence electrons. The Hall–Kier alpha value is -3.25. The molecule has 5 rings (SSSR count). The molecule has 0 fully saturated rings. The van der Waals surface area contributed by atoms with Crippen LogP contribution < -0.4 is 0 Å². The summed E-state index contributed by atoms with van der Waals surface area (Å²) in [5, 5.41) is 6.24. The summed E-state index contributed by atoms with van der Waals surface area (Å²) < 4.78 is 3.92. The van der Waals surface area contributed by atoms with Gasteiger partial charge < -0.3 is 4.57 Å². The Morgan fingerprint density at radius 3 is 2.68 bits per heavy atom. The summed E-state index contributed by atoms with van der Waals surface area (Å²) in [6.07, 6.45) is 5.37. The number of aromatic nitrogens is 6. The van der Waals surface area contributed by atoms with Crippen LogP contribution >= 0.6 is 11.6 Å². The highest BCUT2D eigenvalue weighted by atomic mass is 35.5. The standard InChI is InChI=1S/C21H17ClN6/c1-13-14(2)27(11-15-6-5-9-23-10-15)20-18(13)21-25-19(26-28(21)12-24-20)16-7-3-4-8-17(16)22/h3-10,12H,11H2,1-2H3. The van der Waals surface area contributed by atoms with Gasteiger partial charge in [0.25, 0.3) is 0 Å². The molecule has 0 N–H and O–H groups in total. The monoisotopic (exact) mass is 388 g/mol. The van der Waals surface area contributed by atoms with E-state index in [-0.39, 0.29) is 0 Å². The Bertz CT molecular complexity index is 1320. The smallest absolute Gasteiger partial charge is 0.183 e. The highest BCUT2D eigenvalue weighted by molar-refractivity contribution is 6.33. The van der Waals surface area contributed by atoms with E-state index >= 15 is 0 Å². The van der Waals surface area contributed by atoms with Gasteiger partial charge in [-0.25, -0.2) is 14.5 Å². The van der Waals surface area contributed by atoms with Crippen LogP contribution in [0.5, 0.6) is 0 Å². The van der Waals surface area contributed by atoms with Crippen LogP contribution in [0.4, 0.5) is 0 Å². The molecule has 1 aromatic carbocycles. The molecular formula is C21H17ClN6. The fraction of sp³-hybridized carbons (Fsp3) is 0.143. The summed E-state index contributed by atoms with van der Waals surface area (Å²) in [4.78, 5) is 13.7. The molecule has 0 spiro atoms. The van der Waals surface area contributed by atoms with Crippen molar-refractivity contribution in [1.29, 1.82) is 0 Å². The lowest BCUT2D eigenvalue weighted by Crippen LogP contribution is -2.03. The predicted octanol–water partition coefficient (Wildman–Crippen LogP) is 4.46. The molecule has 0 unspecified atom stereocenters. The van der Waals surface area contributed by atoms with Crippen LogP contribution in [-0.4, -0.2) is 29.1 Å². The molecular weight excluding hydrogens is 372 g/mol. The molecule has 7 heteroatoms. The molecule has 0 radical (unpaired) electrons. The van der Waals surface area contributed by atoms with E-state index < -0.39 is 0 Å². The summed E-state index contributed by atoms with van der Waals surface area (Å²) in [5.41, 5.74) is 5.92. The summed E-state index contributed by atoms with van der Waals surface area (Å²) in [6, 6.07) is 11.6. The number of aryl methyl sites for hydroxylation is 1. The zero-order valence-corrected chi connectivity index (χ0v) is 16.2. The predicted molar refractivity (Wildman–Crippen MR) is 110 cm³/mol. The highest BCUT2D eigenvalue weighted by Gasteiger charge is 2.19. The largest absolute Gasteiger partial charge is 0.325 e. The SMILES string of the molecule is Cc1c(C)n(Cc2cccnc2)c2ncn3nc(-c4ccccc4Cl)nc3c12. The summed E-state index contributed by atoms with van der Waals surface area (Å²) >= 11 is 6.34. The molecule has 0 saturated heterocycles. The van der Waals surface area contributed by atoms with Crippen molar-refractivity contribution in [3.8, 4) is 11.4 Å². The lowest BCUT2D eigenvalue weighted by Gasteiger charge is -2.07. The number of hydrogen-bond donors (Lipinski definition) is 0. The minimum absolute atomic E-state index is 0.594. The van der Waals surface area contributed by atoms with Gasteiger partial charge in [0.15, 0.2) is 11.5 Å². The Kier molecular flexibility index (Phi) is 3.87. The van der Waals surface area contributed by atoms with Crippen LogP contribution in [0.1, 0.15) is 16.8 Å².